The Kier molecular flexibility index (Phi) is 4.53. The molecule has 0 saturated carbocycles. The van der Waals surface area contributed by atoms with Gasteiger partial charge in [0, 0.05) is 11.4 Å². The third-order valence-electron chi connectivity index (χ3n) is 2.89. The molecule has 0 atom stereocenters. The van der Waals surface area contributed by atoms with Gasteiger partial charge in [0.05, 0.1) is 10.4 Å². The molecule has 0 fully saturated rings. The normalized spacial score (nSPS) is 10.2. The third kappa shape index (κ3) is 3.45. The minimum absolute atomic E-state index is 0.115. The van der Waals surface area contributed by atoms with E-state index in [4.69, 9.17) is 5.11 Å². The highest BCUT2D eigenvalue weighted by Crippen LogP contribution is 2.14. The van der Waals surface area contributed by atoms with Crippen LogP contribution >= 0.6 is 11.3 Å². The van der Waals surface area contributed by atoms with E-state index in [1.807, 2.05) is 13.0 Å². The second-order valence-electron chi connectivity index (χ2n) is 4.38. The average molecular weight is 289 g/mol. The first-order valence-electron chi connectivity index (χ1n) is 6.24. The first-order chi connectivity index (χ1) is 9.58. The highest BCUT2D eigenvalue weighted by Gasteiger charge is 2.10. The molecule has 2 N–H and O–H groups in total. The standard InChI is InChI=1S/C15H15NO3S/c1-10-6-7-13(20-10)14(17)16-9-8-11-4-2-3-5-12(11)15(18)19/h2-7H,8-9H2,1H3,(H,16,17)(H,18,19). The van der Waals surface area contributed by atoms with E-state index in [-0.39, 0.29) is 11.5 Å². The van der Waals surface area contributed by atoms with Crippen molar-refractivity contribution in [2.24, 2.45) is 0 Å². The van der Waals surface area contributed by atoms with Crippen LogP contribution in [0.3, 0.4) is 0 Å². The van der Waals surface area contributed by atoms with Gasteiger partial charge in [-0.3, -0.25) is 4.79 Å². The number of carbonyl (C=O) groups excluding carboxylic acids is 1. The molecule has 1 heterocycles. The van der Waals surface area contributed by atoms with Gasteiger partial charge in [-0.1, -0.05) is 18.2 Å². The molecule has 2 aromatic rings. The van der Waals surface area contributed by atoms with E-state index in [0.717, 1.165) is 10.4 Å². The van der Waals surface area contributed by atoms with Gasteiger partial charge in [-0.25, -0.2) is 4.79 Å². The number of amides is 1. The van der Waals surface area contributed by atoms with Crippen LogP contribution in [0.5, 0.6) is 0 Å². The molecular weight excluding hydrogens is 274 g/mol. The number of hydrogen-bond acceptors (Lipinski definition) is 3. The fourth-order valence-electron chi connectivity index (χ4n) is 1.90. The zero-order valence-corrected chi connectivity index (χ0v) is 11.9. The van der Waals surface area contributed by atoms with E-state index in [2.05, 4.69) is 5.32 Å². The zero-order valence-electron chi connectivity index (χ0n) is 11.1. The van der Waals surface area contributed by atoms with Crippen molar-refractivity contribution in [3.63, 3.8) is 0 Å². The van der Waals surface area contributed by atoms with E-state index in [1.165, 1.54) is 11.3 Å². The zero-order chi connectivity index (χ0) is 14.5. The van der Waals surface area contributed by atoms with Gasteiger partial charge in [0.2, 0.25) is 0 Å². The summed E-state index contributed by atoms with van der Waals surface area (Å²) in [5.41, 5.74) is 1.01. The molecule has 1 amide bonds. The Balaban J connectivity index is 1.93. The Morgan fingerprint density at radius 1 is 1.20 bits per heavy atom. The number of carboxylic acid groups (broad SMARTS) is 1. The molecule has 5 heteroatoms. The maximum Gasteiger partial charge on any atom is 0.335 e. The number of benzene rings is 1. The van der Waals surface area contributed by atoms with Gasteiger partial charge >= 0.3 is 5.97 Å². The number of aryl methyl sites for hydroxylation is 1. The molecule has 0 aliphatic carbocycles. The summed E-state index contributed by atoms with van der Waals surface area (Å²) < 4.78 is 0. The van der Waals surface area contributed by atoms with Crippen LogP contribution in [0.15, 0.2) is 36.4 Å². The SMILES string of the molecule is Cc1ccc(C(=O)NCCc2ccccc2C(=O)O)s1. The van der Waals surface area contributed by atoms with Crippen molar-refractivity contribution >= 4 is 23.2 Å². The van der Waals surface area contributed by atoms with Gasteiger partial charge < -0.3 is 10.4 Å². The van der Waals surface area contributed by atoms with Crippen LogP contribution in [0.4, 0.5) is 0 Å². The highest BCUT2D eigenvalue weighted by molar-refractivity contribution is 7.13. The van der Waals surface area contributed by atoms with E-state index >= 15 is 0 Å². The molecule has 0 unspecified atom stereocenters. The number of nitrogens with one attached hydrogen (secondary N) is 1. The van der Waals surface area contributed by atoms with Crippen molar-refractivity contribution in [1.82, 2.24) is 5.32 Å². The Morgan fingerprint density at radius 3 is 2.60 bits per heavy atom. The maximum absolute atomic E-state index is 11.9. The number of aromatic carboxylic acids is 1. The second-order valence-corrected chi connectivity index (χ2v) is 5.67. The number of carbonyl (C=O) groups is 2. The van der Waals surface area contributed by atoms with Gasteiger partial charge in [0.15, 0.2) is 0 Å². The lowest BCUT2D eigenvalue weighted by molar-refractivity contribution is 0.0695. The summed E-state index contributed by atoms with van der Waals surface area (Å²) in [6.45, 7) is 2.37. The number of hydrogen-bond donors (Lipinski definition) is 2. The average Bonchev–Trinajstić information content (AvgIpc) is 2.86. The molecular formula is C15H15NO3S. The Bertz CT molecular complexity index is 634. The molecule has 0 bridgehead atoms. The van der Waals surface area contributed by atoms with Gasteiger partial charge in [-0.2, -0.15) is 0 Å². The molecule has 0 aliphatic heterocycles. The predicted molar refractivity (Wildman–Crippen MR) is 78.5 cm³/mol. The minimum atomic E-state index is -0.944. The first kappa shape index (κ1) is 14.3. The Labute approximate surface area is 121 Å². The number of rotatable bonds is 5. The summed E-state index contributed by atoms with van der Waals surface area (Å²) in [5.74, 6) is -1.06. The molecule has 0 radical (unpaired) electrons. The van der Waals surface area contributed by atoms with Crippen LogP contribution in [0, 0.1) is 6.92 Å². The third-order valence-corrected chi connectivity index (χ3v) is 3.89. The van der Waals surface area contributed by atoms with E-state index in [9.17, 15) is 9.59 Å². The molecule has 4 nitrogen and oxygen atoms in total. The lowest BCUT2D eigenvalue weighted by Gasteiger charge is -2.06. The quantitative estimate of drug-likeness (QED) is 0.889. The van der Waals surface area contributed by atoms with Crippen LogP contribution in [-0.4, -0.2) is 23.5 Å². The topological polar surface area (TPSA) is 66.4 Å². The van der Waals surface area contributed by atoms with Crippen LogP contribution in [0.1, 0.15) is 30.5 Å². The molecule has 2 rings (SSSR count). The van der Waals surface area contributed by atoms with Gasteiger partial charge in [0.1, 0.15) is 0 Å². The minimum Gasteiger partial charge on any atom is -0.478 e. The van der Waals surface area contributed by atoms with Crippen molar-refractivity contribution in [3.05, 3.63) is 57.3 Å². The fraction of sp³-hybridized carbons (Fsp3) is 0.200. The van der Waals surface area contributed by atoms with Crippen molar-refractivity contribution in [3.8, 4) is 0 Å². The predicted octanol–water partition coefficient (Wildman–Crippen LogP) is 2.73. The first-order valence-corrected chi connectivity index (χ1v) is 7.05. The van der Waals surface area contributed by atoms with Crippen LogP contribution < -0.4 is 5.32 Å². The smallest absolute Gasteiger partial charge is 0.335 e. The number of thiophene rings is 1. The van der Waals surface area contributed by atoms with E-state index in [0.29, 0.717) is 17.8 Å². The van der Waals surface area contributed by atoms with Crippen LogP contribution in [0.25, 0.3) is 0 Å². The summed E-state index contributed by atoms with van der Waals surface area (Å²) in [7, 11) is 0. The molecule has 20 heavy (non-hydrogen) atoms. The molecule has 1 aromatic heterocycles. The number of carboxylic acids is 1. The Hall–Kier alpha value is -2.14. The lowest BCUT2D eigenvalue weighted by Crippen LogP contribution is -2.25. The monoisotopic (exact) mass is 289 g/mol. The lowest BCUT2D eigenvalue weighted by atomic mass is 10.0. The summed E-state index contributed by atoms with van der Waals surface area (Å²) >= 11 is 1.44. The Morgan fingerprint density at radius 2 is 1.95 bits per heavy atom. The molecule has 0 spiro atoms. The second kappa shape index (κ2) is 6.34. The van der Waals surface area contributed by atoms with Crippen LogP contribution in [-0.2, 0) is 6.42 Å². The molecule has 1 aromatic carbocycles. The summed E-state index contributed by atoms with van der Waals surface area (Å²) in [4.78, 5) is 24.7. The molecule has 0 saturated heterocycles. The maximum atomic E-state index is 11.9. The summed E-state index contributed by atoms with van der Waals surface area (Å²) in [6, 6.07) is 10.5. The van der Waals surface area contributed by atoms with Crippen molar-refractivity contribution in [2.45, 2.75) is 13.3 Å². The van der Waals surface area contributed by atoms with Crippen molar-refractivity contribution < 1.29 is 14.7 Å². The molecule has 104 valence electrons. The van der Waals surface area contributed by atoms with Gasteiger partial charge in [0.25, 0.3) is 5.91 Å². The van der Waals surface area contributed by atoms with Gasteiger partial charge in [-0.15, -0.1) is 11.3 Å². The summed E-state index contributed by atoms with van der Waals surface area (Å²) in [5, 5.41) is 11.9. The summed E-state index contributed by atoms with van der Waals surface area (Å²) in [6.07, 6.45) is 0.499. The van der Waals surface area contributed by atoms with Crippen molar-refractivity contribution in [1.29, 1.82) is 0 Å². The fourth-order valence-corrected chi connectivity index (χ4v) is 2.69. The van der Waals surface area contributed by atoms with E-state index < -0.39 is 5.97 Å². The highest BCUT2D eigenvalue weighted by atomic mass is 32.1. The van der Waals surface area contributed by atoms with Crippen molar-refractivity contribution in [2.75, 3.05) is 6.54 Å². The van der Waals surface area contributed by atoms with E-state index in [1.54, 1.807) is 30.3 Å². The van der Waals surface area contributed by atoms with Crippen LogP contribution in [0.2, 0.25) is 0 Å². The molecule has 0 aliphatic rings. The largest absolute Gasteiger partial charge is 0.478 e. The van der Waals surface area contributed by atoms with Gasteiger partial charge in [-0.05, 0) is 37.1 Å².